The summed E-state index contributed by atoms with van der Waals surface area (Å²) in [4.78, 5) is 12.8. The van der Waals surface area contributed by atoms with Gasteiger partial charge in [0.15, 0.2) is 5.75 Å². The maximum atomic E-state index is 13.3. The largest absolute Gasteiger partial charge is 0.505 e. The minimum absolute atomic E-state index is 0.0903. The van der Waals surface area contributed by atoms with Gasteiger partial charge < -0.3 is 14.6 Å². The highest BCUT2D eigenvalue weighted by molar-refractivity contribution is 9.10. The van der Waals surface area contributed by atoms with Crippen LogP contribution in [0.5, 0.6) is 17.2 Å². The molecular formula is C25H21BrN2O6S. The maximum Gasteiger partial charge on any atom is 0.347 e. The van der Waals surface area contributed by atoms with Gasteiger partial charge in [-0.2, -0.15) is 5.26 Å². The van der Waals surface area contributed by atoms with Crippen molar-refractivity contribution in [3.63, 3.8) is 0 Å². The van der Waals surface area contributed by atoms with Gasteiger partial charge >= 0.3 is 5.97 Å². The molecular weight excluding hydrogens is 536 g/mol. The van der Waals surface area contributed by atoms with Crippen LogP contribution in [-0.2, 0) is 15.4 Å². The summed E-state index contributed by atoms with van der Waals surface area (Å²) in [5, 5.41) is 20.8. The topological polar surface area (TPSA) is 126 Å². The Morgan fingerprint density at radius 3 is 2.46 bits per heavy atom. The van der Waals surface area contributed by atoms with Crippen molar-refractivity contribution in [2.24, 2.45) is 0 Å². The highest BCUT2D eigenvalue weighted by atomic mass is 79.9. The van der Waals surface area contributed by atoms with E-state index in [1.807, 2.05) is 0 Å². The molecule has 10 heteroatoms. The van der Waals surface area contributed by atoms with Gasteiger partial charge in [0.05, 0.1) is 24.3 Å². The molecule has 0 unspecified atom stereocenters. The molecule has 0 aliphatic heterocycles. The molecule has 3 aromatic rings. The van der Waals surface area contributed by atoms with Crippen LogP contribution in [0.2, 0.25) is 0 Å². The van der Waals surface area contributed by atoms with Gasteiger partial charge in [0.2, 0.25) is 0 Å². The van der Waals surface area contributed by atoms with Gasteiger partial charge in [-0.3, -0.25) is 4.72 Å². The first-order chi connectivity index (χ1) is 16.7. The lowest BCUT2D eigenvalue weighted by molar-refractivity contribution is 0.0731. The molecule has 0 heterocycles. The molecule has 180 valence electrons. The lowest BCUT2D eigenvalue weighted by Crippen LogP contribution is -2.32. The number of benzene rings is 3. The number of ether oxygens (including phenoxy) is 2. The number of rotatable bonds is 7. The zero-order valence-corrected chi connectivity index (χ0v) is 21.0. The van der Waals surface area contributed by atoms with Crippen molar-refractivity contribution in [3.05, 3.63) is 76.3 Å². The Bertz CT molecular complexity index is 1430. The normalized spacial score (nSPS) is 14.3. The van der Waals surface area contributed by atoms with Crippen LogP contribution in [0.3, 0.4) is 0 Å². The van der Waals surface area contributed by atoms with E-state index in [0.29, 0.717) is 22.9 Å². The molecule has 2 N–H and O–H groups in total. The van der Waals surface area contributed by atoms with E-state index < -0.39 is 27.2 Å². The monoisotopic (exact) mass is 556 g/mol. The van der Waals surface area contributed by atoms with Crippen LogP contribution in [0.4, 0.5) is 5.69 Å². The molecule has 1 fully saturated rings. The maximum absolute atomic E-state index is 13.3. The number of phenolic OH excluding ortho intramolecular Hbond substituents is 1. The number of halogens is 1. The summed E-state index contributed by atoms with van der Waals surface area (Å²) in [6.45, 7) is 0. The minimum atomic E-state index is -4.26. The Morgan fingerprint density at radius 2 is 1.86 bits per heavy atom. The highest BCUT2D eigenvalue weighted by Gasteiger charge is 2.40. The van der Waals surface area contributed by atoms with E-state index in [9.17, 15) is 23.6 Å². The third-order valence-corrected chi connectivity index (χ3v) is 7.80. The predicted molar refractivity (Wildman–Crippen MR) is 132 cm³/mol. The molecule has 4 rings (SSSR count). The predicted octanol–water partition coefficient (Wildman–Crippen LogP) is 5.13. The summed E-state index contributed by atoms with van der Waals surface area (Å²) < 4.78 is 39.9. The number of methoxy groups -OCH3 is 1. The van der Waals surface area contributed by atoms with Crippen molar-refractivity contribution >= 4 is 37.6 Å². The third-order valence-electron chi connectivity index (χ3n) is 5.92. The van der Waals surface area contributed by atoms with Crippen LogP contribution in [0.25, 0.3) is 0 Å². The van der Waals surface area contributed by atoms with Gasteiger partial charge in [-0.1, -0.05) is 34.1 Å². The van der Waals surface area contributed by atoms with Crippen molar-refractivity contribution in [3.8, 4) is 23.3 Å². The molecule has 0 amide bonds. The summed E-state index contributed by atoms with van der Waals surface area (Å²) in [7, 11) is -2.92. The van der Waals surface area contributed by atoms with Gasteiger partial charge in [-0.05, 0) is 67.3 Å². The van der Waals surface area contributed by atoms with Gasteiger partial charge in [0, 0.05) is 4.47 Å². The number of nitrogens with zero attached hydrogens (tertiary/aromatic N) is 1. The number of nitriles is 1. The molecule has 0 bridgehead atoms. The number of hydrogen-bond donors (Lipinski definition) is 2. The molecule has 0 spiro atoms. The number of esters is 1. The number of phenols is 1. The van der Waals surface area contributed by atoms with Gasteiger partial charge in [-0.25, -0.2) is 13.2 Å². The van der Waals surface area contributed by atoms with Crippen LogP contribution >= 0.6 is 15.9 Å². The van der Waals surface area contributed by atoms with Crippen LogP contribution < -0.4 is 14.2 Å². The summed E-state index contributed by atoms with van der Waals surface area (Å²) >= 11 is 3.25. The number of carbonyl (C=O) groups is 1. The molecule has 1 aliphatic rings. The van der Waals surface area contributed by atoms with Crippen LogP contribution in [-0.4, -0.2) is 26.6 Å². The lowest BCUT2D eigenvalue weighted by atomic mass is 9.65. The van der Waals surface area contributed by atoms with E-state index in [-0.39, 0.29) is 27.6 Å². The average molecular weight is 557 g/mol. The number of para-hydroxylation sites is 1. The first-order valence-electron chi connectivity index (χ1n) is 10.6. The highest BCUT2D eigenvalue weighted by Crippen LogP contribution is 2.46. The number of sulfonamides is 1. The quantitative estimate of drug-likeness (QED) is 0.234. The zero-order valence-electron chi connectivity index (χ0n) is 18.6. The first-order valence-corrected chi connectivity index (χ1v) is 12.9. The molecule has 0 saturated heterocycles. The molecule has 3 aromatic carbocycles. The second kappa shape index (κ2) is 9.60. The molecule has 1 aliphatic carbocycles. The molecule has 1 saturated carbocycles. The van der Waals surface area contributed by atoms with E-state index in [4.69, 9.17) is 9.47 Å². The van der Waals surface area contributed by atoms with Crippen LogP contribution in [0.1, 0.15) is 35.2 Å². The molecule has 35 heavy (non-hydrogen) atoms. The average Bonchev–Trinajstić information content (AvgIpc) is 2.81. The molecule has 8 nitrogen and oxygen atoms in total. The van der Waals surface area contributed by atoms with Crippen molar-refractivity contribution < 1.29 is 27.8 Å². The van der Waals surface area contributed by atoms with Crippen LogP contribution in [0.15, 0.2) is 70.0 Å². The number of hydrogen-bond acceptors (Lipinski definition) is 7. The first kappa shape index (κ1) is 24.6. The number of carbonyl (C=O) groups excluding carboxylic acids is 1. The molecule has 0 radical (unpaired) electrons. The third kappa shape index (κ3) is 4.83. The fourth-order valence-electron chi connectivity index (χ4n) is 3.85. The van der Waals surface area contributed by atoms with Crippen LogP contribution in [0, 0.1) is 11.3 Å². The Labute approximate surface area is 211 Å². The van der Waals surface area contributed by atoms with E-state index in [1.54, 1.807) is 36.4 Å². The second-order valence-electron chi connectivity index (χ2n) is 8.07. The summed E-state index contributed by atoms with van der Waals surface area (Å²) in [5.74, 6) is -1.16. The van der Waals surface area contributed by atoms with E-state index in [1.165, 1.54) is 31.4 Å². The van der Waals surface area contributed by atoms with Crippen molar-refractivity contribution in [1.29, 1.82) is 5.26 Å². The van der Waals surface area contributed by atoms with Gasteiger partial charge in [0.1, 0.15) is 22.0 Å². The Morgan fingerprint density at radius 1 is 1.14 bits per heavy atom. The fourth-order valence-corrected chi connectivity index (χ4v) is 5.62. The van der Waals surface area contributed by atoms with Crippen molar-refractivity contribution in [1.82, 2.24) is 0 Å². The van der Waals surface area contributed by atoms with Crippen molar-refractivity contribution in [2.45, 2.75) is 29.6 Å². The minimum Gasteiger partial charge on any atom is -0.505 e. The van der Waals surface area contributed by atoms with E-state index in [0.717, 1.165) is 6.42 Å². The lowest BCUT2D eigenvalue weighted by Gasteiger charge is -2.36. The molecule has 0 aromatic heterocycles. The summed E-state index contributed by atoms with van der Waals surface area (Å²) in [5.41, 5.74) is -0.968. The Balaban J connectivity index is 1.81. The number of aromatic hydroxyl groups is 1. The Kier molecular flexibility index (Phi) is 6.74. The summed E-state index contributed by atoms with van der Waals surface area (Å²) in [6, 6.07) is 17.8. The second-order valence-corrected chi connectivity index (χ2v) is 10.6. The van der Waals surface area contributed by atoms with Crippen molar-refractivity contribution in [2.75, 3.05) is 11.8 Å². The standard InChI is InChI=1S/C25H21BrN2O6S/c1-33-21-9-8-17(26)14-22(21)35(31,32)28-20-13-16(25(15-27)10-5-11-25)12-19(23(20)29)24(30)34-18-6-3-2-4-7-18/h2-4,6-9,12-14,28-29H,5,10-11H2,1H3. The number of anilines is 1. The smallest absolute Gasteiger partial charge is 0.347 e. The van der Waals surface area contributed by atoms with Gasteiger partial charge in [-0.15, -0.1) is 0 Å². The SMILES string of the molecule is COc1ccc(Br)cc1S(=O)(=O)Nc1cc(C2(C#N)CCC2)cc(C(=O)Oc2ccccc2)c1O. The Hall–Kier alpha value is -3.55. The zero-order chi connectivity index (χ0) is 25.2. The molecule has 0 atom stereocenters. The van der Waals surface area contributed by atoms with E-state index in [2.05, 4.69) is 26.7 Å². The van der Waals surface area contributed by atoms with Gasteiger partial charge in [0.25, 0.3) is 10.0 Å². The van der Waals surface area contributed by atoms with E-state index >= 15 is 0 Å². The fraction of sp³-hybridized carbons (Fsp3) is 0.200. The number of nitrogens with one attached hydrogen (secondary N) is 1. The summed E-state index contributed by atoms with van der Waals surface area (Å²) in [6.07, 6.45) is 1.91.